The number of carbonyl (C=O) groups excluding carboxylic acids is 2. The van der Waals surface area contributed by atoms with E-state index in [9.17, 15) is 9.59 Å². The average molecular weight is 559 g/mol. The van der Waals surface area contributed by atoms with Gasteiger partial charge in [-0.25, -0.2) is 18.7 Å². The second-order valence-corrected chi connectivity index (χ2v) is 9.61. The van der Waals surface area contributed by atoms with Crippen LogP contribution in [0.15, 0.2) is 48.8 Å². The molecule has 2 aliphatic heterocycles. The van der Waals surface area contributed by atoms with E-state index in [0.717, 1.165) is 25.0 Å². The number of carbonyl (C=O) groups is 2. The zero-order chi connectivity index (χ0) is 27.5. The van der Waals surface area contributed by atoms with Gasteiger partial charge in [-0.05, 0) is 37.1 Å². The standard InChI is InChI=1S/C27H25ClF2N4O5/c1-37-18-9-20(29)24(21(30)10-18)19-12-34(22-11-23(32-14-31-22)39-13-17-3-2-8-38-17)27(36)25(19)33-26(35)15-4-6-16(28)7-5-15/h4-7,9-11,14,17,19,25H,2-3,8,12-13H2,1H3,(H,33,35)/t17?,19-,25-/m0/s1. The summed E-state index contributed by atoms with van der Waals surface area (Å²) in [5.41, 5.74) is -0.121. The highest BCUT2D eigenvalue weighted by atomic mass is 35.5. The Balaban J connectivity index is 1.45. The smallest absolute Gasteiger partial charge is 0.251 e. The number of nitrogens with zero attached hydrogens (tertiary/aromatic N) is 3. The number of nitrogens with one attached hydrogen (secondary N) is 1. The second kappa shape index (κ2) is 11.5. The third kappa shape index (κ3) is 5.79. The van der Waals surface area contributed by atoms with E-state index in [0.29, 0.717) is 11.6 Å². The molecule has 2 aromatic carbocycles. The van der Waals surface area contributed by atoms with Crippen LogP contribution in [0.1, 0.15) is 34.7 Å². The first-order valence-electron chi connectivity index (χ1n) is 12.3. The topological polar surface area (TPSA) is 103 Å². The molecular formula is C27H25ClF2N4O5. The van der Waals surface area contributed by atoms with E-state index in [2.05, 4.69) is 15.3 Å². The molecule has 0 radical (unpaired) electrons. The maximum absolute atomic E-state index is 15.2. The molecule has 12 heteroatoms. The van der Waals surface area contributed by atoms with Gasteiger partial charge in [-0.3, -0.25) is 14.5 Å². The molecule has 1 N–H and O–H groups in total. The van der Waals surface area contributed by atoms with E-state index in [1.54, 1.807) is 0 Å². The van der Waals surface area contributed by atoms with E-state index in [-0.39, 0.29) is 47.8 Å². The van der Waals surface area contributed by atoms with Crippen LogP contribution in [0.4, 0.5) is 14.6 Å². The summed E-state index contributed by atoms with van der Waals surface area (Å²) >= 11 is 5.92. The number of benzene rings is 2. The molecule has 1 unspecified atom stereocenters. The van der Waals surface area contributed by atoms with Crippen LogP contribution in [0.5, 0.6) is 11.6 Å². The molecule has 39 heavy (non-hydrogen) atoms. The maximum Gasteiger partial charge on any atom is 0.251 e. The Morgan fingerprint density at radius 2 is 1.92 bits per heavy atom. The van der Waals surface area contributed by atoms with E-state index in [1.807, 2.05) is 0 Å². The lowest BCUT2D eigenvalue weighted by Crippen LogP contribution is -2.44. The highest BCUT2D eigenvalue weighted by Crippen LogP contribution is 2.36. The zero-order valence-corrected chi connectivity index (χ0v) is 21.7. The predicted molar refractivity (Wildman–Crippen MR) is 137 cm³/mol. The van der Waals surface area contributed by atoms with Crippen molar-refractivity contribution in [3.63, 3.8) is 0 Å². The molecule has 3 heterocycles. The number of rotatable bonds is 8. The Morgan fingerprint density at radius 3 is 2.59 bits per heavy atom. The Morgan fingerprint density at radius 1 is 1.18 bits per heavy atom. The number of hydrogen-bond acceptors (Lipinski definition) is 7. The molecule has 2 amide bonds. The Bertz CT molecular complexity index is 1350. The lowest BCUT2D eigenvalue weighted by atomic mass is 9.92. The van der Waals surface area contributed by atoms with Gasteiger partial charge >= 0.3 is 0 Å². The van der Waals surface area contributed by atoms with Crippen LogP contribution in [-0.4, -0.2) is 60.8 Å². The second-order valence-electron chi connectivity index (χ2n) is 9.18. The summed E-state index contributed by atoms with van der Waals surface area (Å²) in [5, 5.41) is 3.07. The highest BCUT2D eigenvalue weighted by molar-refractivity contribution is 6.30. The maximum atomic E-state index is 15.2. The SMILES string of the molecule is COc1cc(F)c([C@@H]2CN(c3cc(OCC4CCCO4)ncn3)C(=O)[C@H]2NC(=O)c2ccc(Cl)cc2)c(F)c1. The number of anilines is 1. The van der Waals surface area contributed by atoms with Crippen LogP contribution in [0, 0.1) is 11.6 Å². The molecule has 5 rings (SSSR count). The Hall–Kier alpha value is -3.83. The van der Waals surface area contributed by atoms with Gasteiger partial charge in [0.2, 0.25) is 5.88 Å². The van der Waals surface area contributed by atoms with E-state index >= 15 is 8.78 Å². The molecule has 1 aromatic heterocycles. The monoisotopic (exact) mass is 558 g/mol. The number of methoxy groups -OCH3 is 1. The number of aromatic nitrogens is 2. The summed E-state index contributed by atoms with van der Waals surface area (Å²) in [4.78, 5) is 36.2. The van der Waals surface area contributed by atoms with Crippen molar-refractivity contribution in [1.82, 2.24) is 15.3 Å². The normalized spacial score (nSPS) is 20.8. The van der Waals surface area contributed by atoms with Gasteiger partial charge in [0, 0.05) is 53.4 Å². The first kappa shape index (κ1) is 26.8. The first-order valence-corrected chi connectivity index (χ1v) is 12.7. The minimum Gasteiger partial charge on any atom is -0.497 e. The third-order valence-corrected chi connectivity index (χ3v) is 6.96. The van der Waals surface area contributed by atoms with Gasteiger partial charge in [-0.15, -0.1) is 0 Å². The molecule has 2 aliphatic rings. The molecule has 9 nitrogen and oxygen atoms in total. The summed E-state index contributed by atoms with van der Waals surface area (Å²) < 4.78 is 46.6. The molecule has 3 aromatic rings. The number of amides is 2. The molecule has 0 aliphatic carbocycles. The van der Waals surface area contributed by atoms with Gasteiger partial charge in [0.05, 0.1) is 13.2 Å². The van der Waals surface area contributed by atoms with Gasteiger partial charge in [-0.1, -0.05) is 11.6 Å². The molecule has 0 spiro atoms. The summed E-state index contributed by atoms with van der Waals surface area (Å²) in [7, 11) is 1.29. The molecule has 0 bridgehead atoms. The summed E-state index contributed by atoms with van der Waals surface area (Å²) in [6.07, 6.45) is 3.01. The zero-order valence-electron chi connectivity index (χ0n) is 20.9. The third-order valence-electron chi connectivity index (χ3n) is 6.71. The van der Waals surface area contributed by atoms with Crippen molar-refractivity contribution in [1.29, 1.82) is 0 Å². The van der Waals surface area contributed by atoms with E-state index in [4.69, 9.17) is 25.8 Å². The summed E-state index contributed by atoms with van der Waals surface area (Å²) in [6, 6.07) is 8.26. The molecule has 3 atom stereocenters. The van der Waals surface area contributed by atoms with Crippen LogP contribution >= 0.6 is 11.6 Å². The minimum atomic E-state index is -1.29. The fourth-order valence-corrected chi connectivity index (χ4v) is 4.85. The van der Waals surface area contributed by atoms with Crippen LogP contribution in [0.3, 0.4) is 0 Å². The van der Waals surface area contributed by atoms with Crippen LogP contribution < -0.4 is 19.7 Å². The fourth-order valence-electron chi connectivity index (χ4n) is 4.73. The van der Waals surface area contributed by atoms with Crippen LogP contribution in [0.2, 0.25) is 5.02 Å². The van der Waals surface area contributed by atoms with Crippen molar-refractivity contribution in [2.45, 2.75) is 30.9 Å². The molecular weight excluding hydrogens is 534 g/mol. The van der Waals surface area contributed by atoms with Gasteiger partial charge in [0.25, 0.3) is 11.8 Å². The van der Waals surface area contributed by atoms with Gasteiger partial charge in [0.1, 0.15) is 42.2 Å². The summed E-state index contributed by atoms with van der Waals surface area (Å²) in [5.74, 6) is -3.71. The lowest BCUT2D eigenvalue weighted by molar-refractivity contribution is -0.118. The van der Waals surface area contributed by atoms with E-state index in [1.165, 1.54) is 48.7 Å². The van der Waals surface area contributed by atoms with Crippen LogP contribution in [-0.2, 0) is 9.53 Å². The first-order chi connectivity index (χ1) is 18.8. The van der Waals surface area contributed by atoms with Crippen molar-refractivity contribution < 1.29 is 32.6 Å². The quantitative estimate of drug-likeness (QED) is 0.447. The Kier molecular flexibility index (Phi) is 7.89. The lowest BCUT2D eigenvalue weighted by Gasteiger charge is -2.20. The average Bonchev–Trinajstić information content (AvgIpc) is 3.56. The van der Waals surface area contributed by atoms with Crippen LogP contribution in [0.25, 0.3) is 0 Å². The van der Waals surface area contributed by atoms with Gasteiger partial charge < -0.3 is 19.5 Å². The fraction of sp³-hybridized carbons (Fsp3) is 0.333. The van der Waals surface area contributed by atoms with Crippen molar-refractivity contribution in [3.8, 4) is 11.6 Å². The van der Waals surface area contributed by atoms with Crippen molar-refractivity contribution in [3.05, 3.63) is 76.6 Å². The number of hydrogen-bond donors (Lipinski definition) is 1. The van der Waals surface area contributed by atoms with E-state index < -0.39 is 35.4 Å². The number of halogens is 3. The van der Waals surface area contributed by atoms with Crippen molar-refractivity contribution >= 4 is 29.2 Å². The summed E-state index contributed by atoms with van der Waals surface area (Å²) in [6.45, 7) is 0.802. The molecule has 204 valence electrons. The molecule has 2 fully saturated rings. The predicted octanol–water partition coefficient (Wildman–Crippen LogP) is 3.90. The van der Waals surface area contributed by atoms with Gasteiger partial charge in [-0.2, -0.15) is 0 Å². The molecule has 0 saturated carbocycles. The molecule has 2 saturated heterocycles. The van der Waals surface area contributed by atoms with Gasteiger partial charge in [0.15, 0.2) is 0 Å². The number of ether oxygens (including phenoxy) is 3. The largest absolute Gasteiger partial charge is 0.497 e. The Labute approximate surface area is 228 Å². The van der Waals surface area contributed by atoms with Crippen molar-refractivity contribution in [2.75, 3.05) is 31.8 Å². The van der Waals surface area contributed by atoms with Crippen molar-refractivity contribution in [2.24, 2.45) is 0 Å². The highest BCUT2D eigenvalue weighted by Gasteiger charge is 2.45. The minimum absolute atomic E-state index is 0.0134.